The number of ether oxygens (including phenoxy) is 2. The third-order valence-electron chi connectivity index (χ3n) is 5.31. The molecule has 1 heterocycles. The third-order valence-corrected chi connectivity index (χ3v) is 5.31. The van der Waals surface area contributed by atoms with Crippen molar-refractivity contribution in [1.29, 1.82) is 0 Å². The summed E-state index contributed by atoms with van der Waals surface area (Å²) in [5.41, 5.74) is 2.22. The van der Waals surface area contributed by atoms with E-state index in [0.29, 0.717) is 18.7 Å². The highest BCUT2D eigenvalue weighted by molar-refractivity contribution is 5.79. The first kappa shape index (κ1) is 21.1. The minimum absolute atomic E-state index is 0.0104. The number of benzene rings is 2. The van der Waals surface area contributed by atoms with Gasteiger partial charge in [0.25, 0.3) is 0 Å². The monoisotopic (exact) mass is 397 g/mol. The van der Waals surface area contributed by atoms with Gasteiger partial charge in [-0.25, -0.2) is 0 Å². The van der Waals surface area contributed by atoms with Crippen LogP contribution in [-0.4, -0.2) is 69.2 Å². The van der Waals surface area contributed by atoms with Crippen LogP contribution in [0, 0.1) is 0 Å². The quantitative estimate of drug-likeness (QED) is 0.703. The number of hydrogen-bond acceptors (Lipinski definition) is 5. The number of carbonyl (C=O) groups excluding carboxylic acids is 1. The molecular formula is C23H31N3O3. The number of rotatable bonds is 9. The van der Waals surface area contributed by atoms with E-state index in [1.54, 1.807) is 20.3 Å². The van der Waals surface area contributed by atoms with E-state index in [0.717, 1.165) is 50.6 Å². The number of methoxy groups -OCH3 is 2. The fraction of sp³-hybridized carbons (Fsp3) is 0.435. The molecule has 1 amide bonds. The average Bonchev–Trinajstić information content (AvgIpc) is 2.76. The molecule has 0 spiro atoms. The second kappa shape index (κ2) is 10.8. The Labute approximate surface area is 173 Å². The lowest BCUT2D eigenvalue weighted by Crippen LogP contribution is -2.48. The predicted molar refractivity (Wildman–Crippen MR) is 114 cm³/mol. The first-order valence-corrected chi connectivity index (χ1v) is 10.1. The van der Waals surface area contributed by atoms with Gasteiger partial charge in [-0.15, -0.1) is 0 Å². The molecule has 3 rings (SSSR count). The van der Waals surface area contributed by atoms with Gasteiger partial charge in [0.15, 0.2) is 0 Å². The number of hydrogen-bond donors (Lipinski definition) is 1. The fourth-order valence-electron chi connectivity index (χ4n) is 3.60. The van der Waals surface area contributed by atoms with Gasteiger partial charge in [0.05, 0.1) is 20.6 Å². The minimum Gasteiger partial charge on any atom is -0.497 e. The standard InChI is InChI=1S/C23H31N3O3/c1-28-21-9-8-20(22(17-21)29-2)16-23(27)24-10-11-25-12-14-26(15-13-25)18-19-6-4-3-5-7-19/h3-9,17H,10-16,18H2,1-2H3,(H,24,27). The van der Waals surface area contributed by atoms with Crippen LogP contribution in [0.1, 0.15) is 11.1 Å². The van der Waals surface area contributed by atoms with Gasteiger partial charge < -0.3 is 14.8 Å². The maximum Gasteiger partial charge on any atom is 0.224 e. The summed E-state index contributed by atoms with van der Waals surface area (Å²) in [6.45, 7) is 6.75. The molecule has 1 fully saturated rings. The van der Waals surface area contributed by atoms with Gasteiger partial charge in [0, 0.05) is 57.4 Å². The van der Waals surface area contributed by atoms with E-state index >= 15 is 0 Å². The van der Waals surface area contributed by atoms with Gasteiger partial charge in [0.1, 0.15) is 11.5 Å². The lowest BCUT2D eigenvalue weighted by molar-refractivity contribution is -0.120. The molecule has 1 saturated heterocycles. The van der Waals surface area contributed by atoms with Crippen LogP contribution in [0.5, 0.6) is 11.5 Å². The van der Waals surface area contributed by atoms with Gasteiger partial charge in [-0.1, -0.05) is 36.4 Å². The van der Waals surface area contributed by atoms with Gasteiger partial charge in [-0.2, -0.15) is 0 Å². The Balaban J connectivity index is 1.36. The lowest BCUT2D eigenvalue weighted by Gasteiger charge is -2.34. The summed E-state index contributed by atoms with van der Waals surface area (Å²) < 4.78 is 10.6. The zero-order valence-electron chi connectivity index (χ0n) is 17.4. The van der Waals surface area contributed by atoms with Crippen LogP contribution in [0.2, 0.25) is 0 Å². The van der Waals surface area contributed by atoms with E-state index in [1.807, 2.05) is 12.1 Å². The Morgan fingerprint density at radius 1 is 0.966 bits per heavy atom. The SMILES string of the molecule is COc1ccc(CC(=O)NCCN2CCN(Cc3ccccc3)CC2)c(OC)c1. The van der Waals surface area contributed by atoms with Crippen molar-refractivity contribution >= 4 is 5.91 Å². The smallest absolute Gasteiger partial charge is 0.224 e. The Bertz CT molecular complexity index is 774. The van der Waals surface area contributed by atoms with E-state index < -0.39 is 0 Å². The molecule has 2 aromatic rings. The van der Waals surface area contributed by atoms with Crippen LogP contribution < -0.4 is 14.8 Å². The normalized spacial score (nSPS) is 15.1. The van der Waals surface area contributed by atoms with Crippen molar-refractivity contribution in [2.45, 2.75) is 13.0 Å². The zero-order chi connectivity index (χ0) is 20.5. The lowest BCUT2D eigenvalue weighted by atomic mass is 10.1. The highest BCUT2D eigenvalue weighted by atomic mass is 16.5. The van der Waals surface area contributed by atoms with Crippen LogP contribution in [-0.2, 0) is 17.8 Å². The predicted octanol–water partition coefficient (Wildman–Crippen LogP) is 2.18. The molecule has 156 valence electrons. The van der Waals surface area contributed by atoms with Crippen molar-refractivity contribution in [2.75, 3.05) is 53.5 Å². The van der Waals surface area contributed by atoms with E-state index in [1.165, 1.54) is 5.56 Å². The van der Waals surface area contributed by atoms with E-state index in [9.17, 15) is 4.79 Å². The van der Waals surface area contributed by atoms with E-state index in [4.69, 9.17) is 9.47 Å². The fourth-order valence-corrected chi connectivity index (χ4v) is 3.60. The van der Waals surface area contributed by atoms with Gasteiger partial charge in [0.2, 0.25) is 5.91 Å². The molecule has 0 aliphatic carbocycles. The Morgan fingerprint density at radius 2 is 1.69 bits per heavy atom. The van der Waals surface area contributed by atoms with Crippen LogP contribution >= 0.6 is 0 Å². The molecule has 1 N–H and O–H groups in total. The van der Waals surface area contributed by atoms with Crippen LogP contribution in [0.15, 0.2) is 48.5 Å². The third kappa shape index (κ3) is 6.48. The molecule has 1 aliphatic rings. The Hall–Kier alpha value is -2.57. The highest BCUT2D eigenvalue weighted by Crippen LogP contribution is 2.24. The summed E-state index contributed by atoms with van der Waals surface area (Å²) in [7, 11) is 3.22. The van der Waals surface area contributed by atoms with Crippen molar-refractivity contribution in [3.05, 3.63) is 59.7 Å². The maximum absolute atomic E-state index is 12.3. The van der Waals surface area contributed by atoms with Crippen molar-refractivity contribution in [3.8, 4) is 11.5 Å². The second-order valence-corrected chi connectivity index (χ2v) is 7.31. The summed E-state index contributed by atoms with van der Waals surface area (Å²) >= 11 is 0. The second-order valence-electron chi connectivity index (χ2n) is 7.31. The van der Waals surface area contributed by atoms with E-state index in [2.05, 4.69) is 45.4 Å². The average molecular weight is 398 g/mol. The molecule has 6 heteroatoms. The molecule has 0 saturated carbocycles. The summed E-state index contributed by atoms with van der Waals surface area (Å²) in [5, 5.41) is 3.03. The van der Waals surface area contributed by atoms with Crippen molar-refractivity contribution in [3.63, 3.8) is 0 Å². The molecule has 6 nitrogen and oxygen atoms in total. The summed E-state index contributed by atoms with van der Waals surface area (Å²) in [4.78, 5) is 17.2. The Kier molecular flexibility index (Phi) is 7.90. The number of nitrogens with one attached hydrogen (secondary N) is 1. The molecule has 2 aromatic carbocycles. The molecular weight excluding hydrogens is 366 g/mol. The topological polar surface area (TPSA) is 54.0 Å². The Morgan fingerprint density at radius 3 is 2.38 bits per heavy atom. The maximum atomic E-state index is 12.3. The first-order chi connectivity index (χ1) is 14.2. The zero-order valence-corrected chi connectivity index (χ0v) is 17.4. The molecule has 0 bridgehead atoms. The largest absolute Gasteiger partial charge is 0.497 e. The van der Waals surface area contributed by atoms with Crippen molar-refractivity contribution < 1.29 is 14.3 Å². The van der Waals surface area contributed by atoms with Gasteiger partial charge in [-0.3, -0.25) is 14.6 Å². The molecule has 0 unspecified atom stereocenters. The number of piperazine rings is 1. The minimum atomic E-state index is 0.0104. The molecule has 1 aliphatic heterocycles. The number of amides is 1. The summed E-state index contributed by atoms with van der Waals surface area (Å²) in [5.74, 6) is 1.41. The summed E-state index contributed by atoms with van der Waals surface area (Å²) in [6.07, 6.45) is 0.304. The highest BCUT2D eigenvalue weighted by Gasteiger charge is 2.17. The first-order valence-electron chi connectivity index (χ1n) is 10.1. The summed E-state index contributed by atoms with van der Waals surface area (Å²) in [6, 6.07) is 16.1. The molecule has 0 aromatic heterocycles. The van der Waals surface area contributed by atoms with Crippen molar-refractivity contribution in [2.24, 2.45) is 0 Å². The molecule has 0 radical (unpaired) electrons. The van der Waals surface area contributed by atoms with Crippen LogP contribution in [0.3, 0.4) is 0 Å². The number of nitrogens with zero attached hydrogens (tertiary/aromatic N) is 2. The van der Waals surface area contributed by atoms with Gasteiger partial charge >= 0.3 is 0 Å². The number of carbonyl (C=O) groups is 1. The van der Waals surface area contributed by atoms with Crippen LogP contribution in [0.4, 0.5) is 0 Å². The molecule has 0 atom stereocenters. The molecule has 29 heavy (non-hydrogen) atoms. The van der Waals surface area contributed by atoms with Crippen molar-refractivity contribution in [1.82, 2.24) is 15.1 Å². The van der Waals surface area contributed by atoms with E-state index in [-0.39, 0.29) is 5.91 Å². The van der Waals surface area contributed by atoms with Gasteiger partial charge in [-0.05, 0) is 11.6 Å². The van der Waals surface area contributed by atoms with Crippen LogP contribution in [0.25, 0.3) is 0 Å².